The number of halogens is 2. The summed E-state index contributed by atoms with van der Waals surface area (Å²) in [5.74, 6) is 0. The smallest absolute Gasteiger partial charge is 0.136 e. The summed E-state index contributed by atoms with van der Waals surface area (Å²) in [5.41, 5.74) is 1.31. The first kappa shape index (κ1) is 22.4. The van der Waals surface area contributed by atoms with Gasteiger partial charge in [-0.1, -0.05) is 48.5 Å². The molecule has 2 fully saturated rings. The van der Waals surface area contributed by atoms with Crippen LogP contribution < -0.4 is 0 Å². The molecule has 1 atom stereocenters. The predicted octanol–water partition coefficient (Wildman–Crippen LogP) is 6.59. The number of nitriles is 1. The zero-order chi connectivity index (χ0) is 21.8. The zero-order valence-electron chi connectivity index (χ0n) is 18.3. The lowest BCUT2D eigenvalue weighted by Crippen LogP contribution is -2.29. The number of alkyl halides is 2. The number of hydrogen-bond acceptors (Lipinski definition) is 2. The number of hydrogen-bond donors (Lipinski definition) is 0. The molecule has 2 aromatic rings. The summed E-state index contributed by atoms with van der Waals surface area (Å²) in [7, 11) is 2.12. The van der Waals surface area contributed by atoms with Crippen LogP contribution in [-0.4, -0.2) is 18.0 Å². The van der Waals surface area contributed by atoms with Crippen LogP contribution in [0.15, 0.2) is 48.5 Å². The first-order chi connectivity index (χ1) is 14.3. The van der Waals surface area contributed by atoms with Crippen molar-refractivity contribution in [2.75, 3.05) is 7.05 Å². The lowest BCUT2D eigenvalue weighted by Gasteiger charge is -2.26. The van der Waals surface area contributed by atoms with Crippen LogP contribution in [0.4, 0.5) is 8.78 Å². The van der Waals surface area contributed by atoms with E-state index in [0.717, 1.165) is 36.1 Å². The van der Waals surface area contributed by atoms with Crippen molar-refractivity contribution < 1.29 is 8.78 Å². The minimum Gasteiger partial charge on any atom is -0.299 e. The van der Waals surface area contributed by atoms with E-state index in [-0.39, 0.29) is 0 Å². The van der Waals surface area contributed by atoms with E-state index in [1.54, 1.807) is 6.07 Å². The predicted molar refractivity (Wildman–Crippen MR) is 117 cm³/mol. The molecule has 2 nitrogen and oxygen atoms in total. The molecule has 2 saturated carbocycles. The van der Waals surface area contributed by atoms with E-state index in [9.17, 15) is 8.78 Å². The van der Waals surface area contributed by atoms with Crippen LogP contribution in [0.2, 0.25) is 0 Å². The molecule has 1 unspecified atom stereocenters. The van der Waals surface area contributed by atoms with Crippen molar-refractivity contribution in [3.05, 3.63) is 70.8 Å². The molecule has 4 rings (SSSR count). The van der Waals surface area contributed by atoms with Crippen molar-refractivity contribution >= 4 is 0 Å². The Kier molecular flexibility index (Phi) is 6.93. The fourth-order valence-electron chi connectivity index (χ4n) is 4.05. The van der Waals surface area contributed by atoms with Crippen LogP contribution in [0.25, 0.3) is 0 Å². The molecule has 0 aliphatic heterocycles. The van der Waals surface area contributed by atoms with Gasteiger partial charge in [0, 0.05) is 19.5 Å². The van der Waals surface area contributed by atoms with Crippen LogP contribution in [0.5, 0.6) is 0 Å². The second-order valence-electron chi connectivity index (χ2n) is 8.77. The van der Waals surface area contributed by atoms with E-state index < -0.39 is 11.3 Å². The van der Waals surface area contributed by atoms with Gasteiger partial charge in [-0.25, -0.2) is 8.78 Å². The third-order valence-corrected chi connectivity index (χ3v) is 6.36. The van der Waals surface area contributed by atoms with Crippen molar-refractivity contribution in [2.45, 2.75) is 76.3 Å². The summed E-state index contributed by atoms with van der Waals surface area (Å²) >= 11 is 0. The molecule has 160 valence electrons. The summed E-state index contributed by atoms with van der Waals surface area (Å²) < 4.78 is 29.8. The highest BCUT2D eigenvalue weighted by Crippen LogP contribution is 2.55. The molecule has 0 bridgehead atoms. The molecule has 0 radical (unpaired) electrons. The van der Waals surface area contributed by atoms with E-state index in [1.165, 1.54) is 12.5 Å². The van der Waals surface area contributed by atoms with E-state index in [0.29, 0.717) is 31.7 Å². The van der Waals surface area contributed by atoms with E-state index in [4.69, 9.17) is 5.26 Å². The van der Waals surface area contributed by atoms with E-state index in [1.807, 2.05) is 24.3 Å². The normalized spacial score (nSPS) is 18.7. The molecular weight excluding hydrogens is 378 g/mol. The zero-order valence-corrected chi connectivity index (χ0v) is 18.3. The van der Waals surface area contributed by atoms with Gasteiger partial charge in [-0.3, -0.25) is 4.90 Å². The maximum Gasteiger partial charge on any atom is 0.136 e. The Morgan fingerprint density at radius 1 is 0.967 bits per heavy atom. The topological polar surface area (TPSA) is 27.0 Å². The van der Waals surface area contributed by atoms with Gasteiger partial charge < -0.3 is 0 Å². The van der Waals surface area contributed by atoms with Crippen molar-refractivity contribution in [1.82, 2.24) is 4.90 Å². The monoisotopic (exact) mass is 410 g/mol. The lowest BCUT2D eigenvalue weighted by molar-refractivity contribution is 0.236. The van der Waals surface area contributed by atoms with Gasteiger partial charge in [0.2, 0.25) is 0 Å². The number of nitrogens with zero attached hydrogens (tertiary/aromatic N) is 2. The minimum atomic E-state index is -1.21. The lowest BCUT2D eigenvalue weighted by atomic mass is 9.89. The molecule has 2 aliphatic carbocycles. The van der Waals surface area contributed by atoms with Gasteiger partial charge in [0.25, 0.3) is 0 Å². The molecule has 0 amide bonds. The Bertz CT molecular complexity index is 843. The van der Waals surface area contributed by atoms with Crippen LogP contribution in [0.3, 0.4) is 0 Å². The largest absolute Gasteiger partial charge is 0.299 e. The highest BCUT2D eigenvalue weighted by molar-refractivity contribution is 5.46. The summed E-state index contributed by atoms with van der Waals surface area (Å²) in [6, 6.07) is 18.1. The fourth-order valence-corrected chi connectivity index (χ4v) is 4.05. The number of benzene rings is 2. The maximum absolute atomic E-state index is 14.9. The van der Waals surface area contributed by atoms with Gasteiger partial charge in [-0.2, -0.15) is 5.26 Å². The van der Waals surface area contributed by atoms with Gasteiger partial charge in [0.15, 0.2) is 0 Å². The van der Waals surface area contributed by atoms with Crippen LogP contribution in [0.1, 0.15) is 68.2 Å². The second-order valence-corrected chi connectivity index (χ2v) is 8.77. The standard InChI is InChI=1S/C24H29F2N.C2H3N/c1-18(27(2)17-19-7-4-3-5-8-19)11-12-20-21(23(25)13-14-23)9-6-10-22(20)24(26)15-16-24;1-2-3/h3-10,18H,11-17H2,1-2H3;1H3. The minimum absolute atomic E-state index is 0.343. The van der Waals surface area contributed by atoms with Crippen LogP contribution >= 0.6 is 0 Å². The fraction of sp³-hybridized carbons (Fsp3) is 0.500. The second kappa shape index (κ2) is 9.27. The first-order valence-electron chi connectivity index (χ1n) is 10.9. The van der Waals surface area contributed by atoms with Gasteiger partial charge in [0.05, 0.1) is 6.07 Å². The molecule has 0 N–H and O–H groups in total. The Labute approximate surface area is 179 Å². The van der Waals surface area contributed by atoms with Crippen LogP contribution in [-0.2, 0) is 24.3 Å². The van der Waals surface area contributed by atoms with E-state index in [2.05, 4.69) is 43.1 Å². The van der Waals surface area contributed by atoms with Crippen LogP contribution in [0, 0.1) is 11.3 Å². The van der Waals surface area contributed by atoms with Crippen molar-refractivity contribution in [1.29, 1.82) is 5.26 Å². The molecule has 4 heteroatoms. The van der Waals surface area contributed by atoms with Gasteiger partial charge >= 0.3 is 0 Å². The molecule has 0 saturated heterocycles. The molecule has 30 heavy (non-hydrogen) atoms. The molecule has 2 aliphatic rings. The SMILES string of the molecule is CC#N.CC(CCc1c(C2(F)CC2)cccc1C1(F)CC1)N(C)Cc1ccccc1. The maximum atomic E-state index is 14.9. The number of rotatable bonds is 8. The average Bonchev–Trinajstić information content (AvgIpc) is 3.66. The van der Waals surface area contributed by atoms with Gasteiger partial charge in [0.1, 0.15) is 11.3 Å². The Hall–Kier alpha value is -2.25. The highest BCUT2D eigenvalue weighted by atomic mass is 19.1. The molecule has 0 spiro atoms. The summed E-state index contributed by atoms with van der Waals surface area (Å²) in [6.45, 7) is 4.52. The third-order valence-electron chi connectivity index (χ3n) is 6.36. The quantitative estimate of drug-likeness (QED) is 0.491. The summed E-state index contributed by atoms with van der Waals surface area (Å²) in [6.07, 6.45) is 3.94. The van der Waals surface area contributed by atoms with Crippen molar-refractivity contribution in [2.24, 2.45) is 0 Å². The molecule has 0 heterocycles. The van der Waals surface area contributed by atoms with Crippen molar-refractivity contribution in [3.8, 4) is 6.07 Å². The Morgan fingerprint density at radius 2 is 1.47 bits per heavy atom. The van der Waals surface area contributed by atoms with Crippen molar-refractivity contribution in [3.63, 3.8) is 0 Å². The first-order valence-corrected chi connectivity index (χ1v) is 10.9. The third kappa shape index (κ3) is 5.26. The average molecular weight is 411 g/mol. The highest BCUT2D eigenvalue weighted by Gasteiger charge is 2.50. The summed E-state index contributed by atoms with van der Waals surface area (Å²) in [4.78, 5) is 2.32. The van der Waals surface area contributed by atoms with Gasteiger partial charge in [-0.15, -0.1) is 0 Å². The summed E-state index contributed by atoms with van der Waals surface area (Å²) in [5, 5.41) is 7.32. The molecular formula is C26H32F2N2. The molecule has 0 aromatic heterocycles. The van der Waals surface area contributed by atoms with E-state index >= 15 is 0 Å². The Balaban J connectivity index is 0.000000806. The molecule has 2 aromatic carbocycles. The van der Waals surface area contributed by atoms with Gasteiger partial charge in [-0.05, 0) is 74.8 Å². The Morgan fingerprint density at radius 3 is 1.93 bits per heavy atom.